The van der Waals surface area contributed by atoms with Gasteiger partial charge < -0.3 is 16.0 Å². The van der Waals surface area contributed by atoms with Crippen LogP contribution >= 0.6 is 0 Å². The maximum atomic E-state index is 12.9. The molecule has 1 aromatic heterocycles. The van der Waals surface area contributed by atoms with E-state index in [0.717, 1.165) is 63.7 Å². The van der Waals surface area contributed by atoms with Crippen molar-refractivity contribution in [2.45, 2.75) is 25.4 Å². The zero-order valence-corrected chi connectivity index (χ0v) is 18.2. The van der Waals surface area contributed by atoms with Gasteiger partial charge in [-0.3, -0.25) is 14.9 Å². The normalized spacial score (nSPS) is 15.7. The SMILES string of the molecule is NC(=NCCCCN1CCN(c2cccc(C(F)(F)F)c2)CC1)NCCc1ccccn1. The molecule has 1 fully saturated rings. The quantitative estimate of drug-likeness (QED) is 0.350. The number of rotatable bonds is 9. The summed E-state index contributed by atoms with van der Waals surface area (Å²) in [6.45, 7) is 5.47. The highest BCUT2D eigenvalue weighted by Crippen LogP contribution is 2.31. The fourth-order valence-electron chi connectivity index (χ4n) is 3.68. The van der Waals surface area contributed by atoms with Crippen molar-refractivity contribution < 1.29 is 13.2 Å². The van der Waals surface area contributed by atoms with Crippen LogP contribution in [0.4, 0.5) is 18.9 Å². The smallest absolute Gasteiger partial charge is 0.370 e. The lowest BCUT2D eigenvalue weighted by atomic mass is 10.1. The molecule has 1 aromatic carbocycles. The average Bonchev–Trinajstić information content (AvgIpc) is 2.79. The van der Waals surface area contributed by atoms with Crippen molar-refractivity contribution in [1.82, 2.24) is 15.2 Å². The second-order valence-corrected chi connectivity index (χ2v) is 7.85. The number of alkyl halides is 3. The minimum atomic E-state index is -4.31. The number of nitrogens with zero attached hydrogens (tertiary/aromatic N) is 4. The number of pyridine rings is 1. The third-order valence-corrected chi connectivity index (χ3v) is 5.49. The van der Waals surface area contributed by atoms with Crippen molar-refractivity contribution in [1.29, 1.82) is 0 Å². The van der Waals surface area contributed by atoms with Crippen LogP contribution < -0.4 is 16.0 Å². The van der Waals surface area contributed by atoms with Crippen molar-refractivity contribution in [3.8, 4) is 0 Å². The maximum Gasteiger partial charge on any atom is 0.416 e. The van der Waals surface area contributed by atoms with E-state index >= 15 is 0 Å². The van der Waals surface area contributed by atoms with Gasteiger partial charge in [0.15, 0.2) is 5.96 Å². The minimum absolute atomic E-state index is 0.454. The first-order chi connectivity index (χ1) is 15.4. The molecular weight excluding hydrogens is 417 g/mol. The van der Waals surface area contributed by atoms with Crippen molar-refractivity contribution in [2.75, 3.05) is 50.7 Å². The highest BCUT2D eigenvalue weighted by atomic mass is 19.4. The summed E-state index contributed by atoms with van der Waals surface area (Å²) in [5.74, 6) is 0.454. The molecule has 174 valence electrons. The second kappa shape index (κ2) is 11.7. The Hall–Kier alpha value is -2.81. The predicted octanol–water partition coefficient (Wildman–Crippen LogP) is 3.15. The summed E-state index contributed by atoms with van der Waals surface area (Å²) in [7, 11) is 0. The van der Waals surface area contributed by atoms with E-state index in [4.69, 9.17) is 5.73 Å². The lowest BCUT2D eigenvalue weighted by molar-refractivity contribution is -0.137. The highest BCUT2D eigenvalue weighted by molar-refractivity contribution is 5.77. The first-order valence-electron chi connectivity index (χ1n) is 11.0. The Kier molecular flexibility index (Phi) is 8.72. The standard InChI is InChI=1S/C23H31F3N6/c24-23(25,26)19-6-5-8-21(18-19)32-16-14-31(15-17-32)13-4-3-11-29-22(27)30-12-9-20-7-1-2-10-28-20/h1-2,5-8,10,18H,3-4,9,11-17H2,(H3,27,29,30). The molecule has 0 bridgehead atoms. The second-order valence-electron chi connectivity index (χ2n) is 7.85. The molecule has 32 heavy (non-hydrogen) atoms. The molecule has 2 heterocycles. The monoisotopic (exact) mass is 448 g/mol. The van der Waals surface area contributed by atoms with E-state index in [1.807, 2.05) is 23.1 Å². The van der Waals surface area contributed by atoms with E-state index in [-0.39, 0.29) is 0 Å². The molecule has 3 N–H and O–H groups in total. The number of benzene rings is 1. The topological polar surface area (TPSA) is 69.8 Å². The number of piperazine rings is 1. The molecule has 3 rings (SSSR count). The summed E-state index contributed by atoms with van der Waals surface area (Å²) in [5.41, 5.74) is 6.96. The van der Waals surface area contributed by atoms with Gasteiger partial charge in [-0.25, -0.2) is 0 Å². The van der Waals surface area contributed by atoms with Crippen LogP contribution in [0.3, 0.4) is 0 Å². The van der Waals surface area contributed by atoms with Gasteiger partial charge in [0.25, 0.3) is 0 Å². The van der Waals surface area contributed by atoms with Gasteiger partial charge in [0.05, 0.1) is 5.56 Å². The summed E-state index contributed by atoms with van der Waals surface area (Å²) < 4.78 is 38.8. The Balaban J connectivity index is 1.29. The van der Waals surface area contributed by atoms with Crippen LogP contribution in [0.1, 0.15) is 24.1 Å². The molecule has 1 aliphatic heterocycles. The summed E-state index contributed by atoms with van der Waals surface area (Å²) >= 11 is 0. The van der Waals surface area contributed by atoms with Gasteiger partial charge in [-0.15, -0.1) is 0 Å². The van der Waals surface area contributed by atoms with Gasteiger partial charge >= 0.3 is 6.18 Å². The molecule has 0 saturated carbocycles. The fourth-order valence-corrected chi connectivity index (χ4v) is 3.68. The summed E-state index contributed by atoms with van der Waals surface area (Å²) in [5, 5.41) is 3.11. The Bertz CT molecular complexity index is 848. The Morgan fingerprint density at radius 3 is 2.59 bits per heavy atom. The van der Waals surface area contributed by atoms with Crippen LogP contribution in [0.2, 0.25) is 0 Å². The minimum Gasteiger partial charge on any atom is -0.370 e. The number of nitrogens with one attached hydrogen (secondary N) is 1. The van der Waals surface area contributed by atoms with Crippen molar-refractivity contribution in [2.24, 2.45) is 10.7 Å². The molecule has 1 aliphatic rings. The highest BCUT2D eigenvalue weighted by Gasteiger charge is 2.31. The van der Waals surface area contributed by atoms with Gasteiger partial charge in [-0.1, -0.05) is 12.1 Å². The zero-order chi connectivity index (χ0) is 22.8. The Morgan fingerprint density at radius 1 is 1.06 bits per heavy atom. The molecule has 0 unspecified atom stereocenters. The molecule has 2 aromatic rings. The van der Waals surface area contributed by atoms with Crippen LogP contribution in [0.5, 0.6) is 0 Å². The van der Waals surface area contributed by atoms with E-state index < -0.39 is 11.7 Å². The molecule has 0 aliphatic carbocycles. The van der Waals surface area contributed by atoms with Crippen molar-refractivity contribution in [3.05, 3.63) is 59.9 Å². The van der Waals surface area contributed by atoms with E-state index in [9.17, 15) is 13.2 Å². The molecule has 0 radical (unpaired) electrons. The number of anilines is 1. The van der Waals surface area contributed by atoms with Gasteiger partial charge in [-0.05, 0) is 49.7 Å². The first-order valence-corrected chi connectivity index (χ1v) is 11.0. The lowest BCUT2D eigenvalue weighted by Gasteiger charge is -2.36. The largest absolute Gasteiger partial charge is 0.416 e. The van der Waals surface area contributed by atoms with Crippen LogP contribution in [-0.2, 0) is 12.6 Å². The Morgan fingerprint density at radius 2 is 1.88 bits per heavy atom. The number of guanidine groups is 1. The van der Waals surface area contributed by atoms with Gasteiger partial charge in [0, 0.05) is 63.3 Å². The van der Waals surface area contributed by atoms with Gasteiger partial charge in [0.1, 0.15) is 0 Å². The average molecular weight is 449 g/mol. The van der Waals surface area contributed by atoms with Gasteiger partial charge in [0.2, 0.25) is 0 Å². The summed E-state index contributed by atoms with van der Waals surface area (Å²) in [6.07, 6.45) is 0.213. The van der Waals surface area contributed by atoms with Crippen molar-refractivity contribution >= 4 is 11.6 Å². The van der Waals surface area contributed by atoms with Gasteiger partial charge in [-0.2, -0.15) is 13.2 Å². The van der Waals surface area contributed by atoms with Crippen LogP contribution in [0, 0.1) is 0 Å². The summed E-state index contributed by atoms with van der Waals surface area (Å²) in [4.78, 5) is 13.0. The third kappa shape index (κ3) is 7.71. The van der Waals surface area contributed by atoms with E-state index in [1.54, 1.807) is 12.3 Å². The lowest BCUT2D eigenvalue weighted by Crippen LogP contribution is -2.46. The van der Waals surface area contributed by atoms with Crippen LogP contribution in [-0.4, -0.2) is 61.7 Å². The molecule has 0 amide bonds. The third-order valence-electron chi connectivity index (χ3n) is 5.49. The maximum absolute atomic E-state index is 12.9. The number of halogens is 3. The molecule has 1 saturated heterocycles. The first kappa shape index (κ1) is 23.8. The summed E-state index contributed by atoms with van der Waals surface area (Å²) in [6, 6.07) is 11.4. The molecule has 9 heteroatoms. The van der Waals surface area contributed by atoms with E-state index in [0.29, 0.717) is 24.7 Å². The number of nitrogens with two attached hydrogens (primary N) is 1. The fraction of sp³-hybridized carbons (Fsp3) is 0.478. The van der Waals surface area contributed by atoms with Crippen LogP contribution in [0.15, 0.2) is 53.7 Å². The number of unbranched alkanes of at least 4 members (excludes halogenated alkanes) is 1. The Labute approximate surface area is 187 Å². The molecule has 0 spiro atoms. The predicted molar refractivity (Wildman–Crippen MR) is 122 cm³/mol. The molecule has 6 nitrogen and oxygen atoms in total. The zero-order valence-electron chi connectivity index (χ0n) is 18.2. The number of hydrogen-bond donors (Lipinski definition) is 2. The number of aliphatic imine (C=N–C) groups is 1. The van der Waals surface area contributed by atoms with E-state index in [1.165, 1.54) is 12.1 Å². The van der Waals surface area contributed by atoms with E-state index in [2.05, 4.69) is 20.2 Å². The molecule has 0 atom stereocenters. The van der Waals surface area contributed by atoms with Crippen molar-refractivity contribution in [3.63, 3.8) is 0 Å². The number of hydrogen-bond acceptors (Lipinski definition) is 4. The number of aromatic nitrogens is 1. The van der Waals surface area contributed by atoms with Crippen LogP contribution in [0.25, 0.3) is 0 Å². The molecular formula is C23H31F3N6.